The molecule has 0 aliphatic rings. The summed E-state index contributed by atoms with van der Waals surface area (Å²) in [4.78, 5) is 12.0. The summed E-state index contributed by atoms with van der Waals surface area (Å²) >= 11 is 0. The molecule has 2 rings (SSSR count). The van der Waals surface area contributed by atoms with Gasteiger partial charge in [0.2, 0.25) is 10.0 Å². The van der Waals surface area contributed by atoms with E-state index in [2.05, 4.69) is 10.5 Å². The molecule has 2 aromatic rings. The molecule has 8 heteroatoms. The number of hydrogen-bond acceptors (Lipinski definition) is 5. The Morgan fingerprint density at radius 3 is 2.57 bits per heavy atom. The largest absolute Gasteiger partial charge is 0.361 e. The molecule has 7 nitrogen and oxygen atoms in total. The molecule has 1 aromatic carbocycles. The van der Waals surface area contributed by atoms with Crippen LogP contribution in [0.4, 0.5) is 5.69 Å². The first kappa shape index (κ1) is 15.2. The quantitative estimate of drug-likeness (QED) is 0.923. The van der Waals surface area contributed by atoms with Crippen LogP contribution in [0.1, 0.15) is 16.2 Å². The van der Waals surface area contributed by atoms with Gasteiger partial charge in [-0.15, -0.1) is 0 Å². The lowest BCUT2D eigenvalue weighted by Crippen LogP contribution is -2.22. The van der Waals surface area contributed by atoms with Crippen LogP contribution >= 0.6 is 0 Å². The second kappa shape index (κ2) is 5.66. The van der Waals surface area contributed by atoms with Gasteiger partial charge in [0.15, 0.2) is 5.69 Å². The van der Waals surface area contributed by atoms with E-state index in [4.69, 9.17) is 4.52 Å². The number of benzene rings is 1. The van der Waals surface area contributed by atoms with Crippen molar-refractivity contribution in [3.63, 3.8) is 0 Å². The Morgan fingerprint density at radius 1 is 1.29 bits per heavy atom. The van der Waals surface area contributed by atoms with Crippen LogP contribution in [0.15, 0.2) is 39.8 Å². The number of nitrogens with one attached hydrogen (secondary N) is 1. The first-order valence-electron chi connectivity index (χ1n) is 6.08. The molecule has 112 valence electrons. The van der Waals surface area contributed by atoms with Crippen LogP contribution in [-0.4, -0.2) is 37.9 Å². The maximum absolute atomic E-state index is 12.0. The number of carbonyl (C=O) groups is 1. The van der Waals surface area contributed by atoms with E-state index in [0.717, 1.165) is 4.31 Å². The van der Waals surface area contributed by atoms with Crippen LogP contribution in [0.5, 0.6) is 0 Å². The molecule has 0 aliphatic heterocycles. The van der Waals surface area contributed by atoms with Crippen molar-refractivity contribution in [3.8, 4) is 0 Å². The smallest absolute Gasteiger partial charge is 0.277 e. The first-order chi connectivity index (χ1) is 9.80. The molecule has 0 saturated heterocycles. The number of carbonyl (C=O) groups excluding carboxylic acids is 1. The van der Waals surface area contributed by atoms with E-state index in [1.807, 2.05) is 0 Å². The molecule has 1 N–H and O–H groups in total. The van der Waals surface area contributed by atoms with Gasteiger partial charge in [-0.2, -0.15) is 0 Å². The highest BCUT2D eigenvalue weighted by molar-refractivity contribution is 7.89. The summed E-state index contributed by atoms with van der Waals surface area (Å²) in [6.07, 6.45) is 0. The lowest BCUT2D eigenvalue weighted by molar-refractivity contribution is 0.101. The highest BCUT2D eigenvalue weighted by Crippen LogP contribution is 2.18. The molecule has 0 aliphatic carbocycles. The molecule has 0 bridgehead atoms. The van der Waals surface area contributed by atoms with Crippen LogP contribution < -0.4 is 5.32 Å². The highest BCUT2D eigenvalue weighted by Gasteiger charge is 2.18. The zero-order valence-electron chi connectivity index (χ0n) is 11.8. The topological polar surface area (TPSA) is 92.5 Å². The zero-order chi connectivity index (χ0) is 15.6. The Bertz CT molecular complexity index is 765. The standard InChI is InChI=1S/C13H15N3O4S/c1-9-7-12(15-20-9)13(17)14-10-5-4-6-11(8-10)21(18,19)16(2)3/h4-8H,1-3H3,(H,14,17). The number of aryl methyl sites for hydroxylation is 1. The molecule has 0 fully saturated rings. The Balaban J connectivity index is 2.25. The van der Waals surface area contributed by atoms with Crippen molar-refractivity contribution >= 4 is 21.6 Å². The van der Waals surface area contributed by atoms with Gasteiger partial charge in [-0.3, -0.25) is 4.79 Å². The third kappa shape index (κ3) is 3.29. The van der Waals surface area contributed by atoms with Crippen molar-refractivity contribution in [1.29, 1.82) is 0 Å². The maximum atomic E-state index is 12.0. The summed E-state index contributed by atoms with van der Waals surface area (Å²) in [5.74, 6) is 0.0512. The molecular weight excluding hydrogens is 294 g/mol. The SMILES string of the molecule is Cc1cc(C(=O)Nc2cccc(S(=O)(=O)N(C)C)c2)no1. The van der Waals surface area contributed by atoms with Crippen LogP contribution in [-0.2, 0) is 10.0 Å². The van der Waals surface area contributed by atoms with Gasteiger partial charge in [0.1, 0.15) is 5.76 Å². The Hall–Kier alpha value is -2.19. The lowest BCUT2D eigenvalue weighted by Gasteiger charge is -2.12. The van der Waals surface area contributed by atoms with E-state index in [9.17, 15) is 13.2 Å². The molecule has 0 atom stereocenters. The summed E-state index contributed by atoms with van der Waals surface area (Å²) in [6, 6.07) is 7.50. The second-order valence-corrected chi connectivity index (χ2v) is 6.74. The fourth-order valence-corrected chi connectivity index (χ4v) is 2.56. The minimum atomic E-state index is -3.55. The van der Waals surface area contributed by atoms with Crippen molar-refractivity contribution in [3.05, 3.63) is 41.8 Å². The van der Waals surface area contributed by atoms with Crippen molar-refractivity contribution in [2.24, 2.45) is 0 Å². The van der Waals surface area contributed by atoms with Gasteiger partial charge in [-0.25, -0.2) is 12.7 Å². The lowest BCUT2D eigenvalue weighted by atomic mass is 10.3. The molecule has 21 heavy (non-hydrogen) atoms. The van der Waals surface area contributed by atoms with Crippen molar-refractivity contribution in [1.82, 2.24) is 9.46 Å². The predicted molar refractivity (Wildman–Crippen MR) is 76.5 cm³/mol. The van der Waals surface area contributed by atoms with Gasteiger partial charge in [0, 0.05) is 25.8 Å². The van der Waals surface area contributed by atoms with E-state index < -0.39 is 15.9 Å². The highest BCUT2D eigenvalue weighted by atomic mass is 32.2. The Labute approximate surface area is 122 Å². The average Bonchev–Trinajstić information content (AvgIpc) is 2.85. The van der Waals surface area contributed by atoms with Gasteiger partial charge in [0.05, 0.1) is 4.90 Å². The average molecular weight is 309 g/mol. The molecule has 1 heterocycles. The van der Waals surface area contributed by atoms with Gasteiger partial charge in [-0.1, -0.05) is 11.2 Å². The van der Waals surface area contributed by atoms with Gasteiger partial charge < -0.3 is 9.84 Å². The van der Waals surface area contributed by atoms with E-state index in [1.54, 1.807) is 19.1 Å². The van der Waals surface area contributed by atoms with Crippen LogP contribution in [0.25, 0.3) is 0 Å². The molecule has 1 aromatic heterocycles. The number of sulfonamides is 1. The predicted octanol–water partition coefficient (Wildman–Crippen LogP) is 1.49. The molecular formula is C13H15N3O4S. The Kier molecular flexibility index (Phi) is 4.10. The van der Waals surface area contributed by atoms with E-state index in [-0.39, 0.29) is 10.6 Å². The third-order valence-electron chi connectivity index (χ3n) is 2.73. The van der Waals surface area contributed by atoms with Crippen LogP contribution in [0, 0.1) is 6.92 Å². The van der Waals surface area contributed by atoms with E-state index >= 15 is 0 Å². The summed E-state index contributed by atoms with van der Waals surface area (Å²) in [5, 5.41) is 6.18. The van der Waals surface area contributed by atoms with Crippen molar-refractivity contribution in [2.45, 2.75) is 11.8 Å². The van der Waals surface area contributed by atoms with Crippen molar-refractivity contribution < 1.29 is 17.7 Å². The van der Waals surface area contributed by atoms with E-state index in [0.29, 0.717) is 11.4 Å². The second-order valence-electron chi connectivity index (χ2n) is 4.59. The van der Waals surface area contributed by atoms with Crippen molar-refractivity contribution in [2.75, 3.05) is 19.4 Å². The number of rotatable bonds is 4. The van der Waals surface area contributed by atoms with Gasteiger partial charge in [0.25, 0.3) is 5.91 Å². The molecule has 0 radical (unpaired) electrons. The zero-order valence-corrected chi connectivity index (χ0v) is 12.6. The third-order valence-corrected chi connectivity index (χ3v) is 4.54. The summed E-state index contributed by atoms with van der Waals surface area (Å²) in [6.45, 7) is 1.67. The number of aromatic nitrogens is 1. The molecule has 0 spiro atoms. The summed E-state index contributed by atoms with van der Waals surface area (Å²) in [7, 11) is -0.661. The van der Waals surface area contributed by atoms with E-state index in [1.165, 1.54) is 32.3 Å². The minimum absolute atomic E-state index is 0.0987. The van der Waals surface area contributed by atoms with Crippen LogP contribution in [0.3, 0.4) is 0 Å². The molecule has 1 amide bonds. The number of hydrogen-bond donors (Lipinski definition) is 1. The Morgan fingerprint density at radius 2 is 2.00 bits per heavy atom. The monoisotopic (exact) mass is 309 g/mol. The fourth-order valence-electron chi connectivity index (χ4n) is 1.61. The molecule has 0 unspecified atom stereocenters. The first-order valence-corrected chi connectivity index (χ1v) is 7.52. The summed E-state index contributed by atoms with van der Waals surface area (Å²) < 4.78 is 30.0. The summed E-state index contributed by atoms with van der Waals surface area (Å²) in [5.41, 5.74) is 0.497. The number of amides is 1. The number of anilines is 1. The maximum Gasteiger partial charge on any atom is 0.277 e. The normalized spacial score (nSPS) is 11.6. The molecule has 0 saturated carbocycles. The number of nitrogens with zero attached hydrogens (tertiary/aromatic N) is 2. The minimum Gasteiger partial charge on any atom is -0.361 e. The van der Waals surface area contributed by atoms with Gasteiger partial charge in [-0.05, 0) is 25.1 Å². The fraction of sp³-hybridized carbons (Fsp3) is 0.231. The van der Waals surface area contributed by atoms with Gasteiger partial charge >= 0.3 is 0 Å². The van der Waals surface area contributed by atoms with Crippen LogP contribution in [0.2, 0.25) is 0 Å².